The van der Waals surface area contributed by atoms with Gasteiger partial charge in [-0.3, -0.25) is 4.79 Å². The molecule has 0 aromatic rings. The summed E-state index contributed by atoms with van der Waals surface area (Å²) in [6.07, 6.45) is 36.9. The number of esters is 1. The fourth-order valence-electron chi connectivity index (χ4n) is 9.40. The van der Waals surface area contributed by atoms with E-state index in [2.05, 4.69) is 65.5 Å². The van der Waals surface area contributed by atoms with Gasteiger partial charge in [-0.1, -0.05) is 147 Å². The fraction of sp³-hybridized carbons (Fsp3) is 0.800. The Balaban J connectivity index is 1.49. The first-order valence-electron chi connectivity index (χ1n) is 20.8. The Labute approximate surface area is 297 Å². The topological polar surface area (TPSA) is 46.5 Å². The van der Waals surface area contributed by atoms with Crippen LogP contribution in [-0.4, -0.2) is 23.3 Å². The number of carbonyl (C=O) groups is 1. The summed E-state index contributed by atoms with van der Waals surface area (Å²) in [4.78, 5) is 13.3. The zero-order chi connectivity index (χ0) is 34.8. The van der Waals surface area contributed by atoms with Crippen molar-refractivity contribution in [2.75, 3.05) is 0 Å². The molecule has 3 saturated carbocycles. The number of ether oxygens (including phenoxy) is 1. The number of fused-ring (bicyclic) bond motifs is 1. The summed E-state index contributed by atoms with van der Waals surface area (Å²) in [5, 5.41) is 10.3. The molecule has 1 N–H and O–H groups in total. The molecule has 6 atom stereocenters. The molecule has 0 saturated heterocycles. The second-order valence-corrected chi connectivity index (χ2v) is 16.8. The molecule has 48 heavy (non-hydrogen) atoms. The predicted molar refractivity (Wildman–Crippen MR) is 206 cm³/mol. The smallest absolute Gasteiger partial charge is 0.306 e. The highest BCUT2D eigenvalue weighted by Crippen LogP contribution is 2.60. The zero-order valence-electron chi connectivity index (χ0n) is 32.2. The Hall–Kier alpha value is -1.61. The molecule has 0 bridgehead atoms. The van der Waals surface area contributed by atoms with Crippen LogP contribution in [0.25, 0.3) is 0 Å². The monoisotopic (exact) mass is 665 g/mol. The Morgan fingerprint density at radius 1 is 0.917 bits per heavy atom. The quantitative estimate of drug-likeness (QED) is 0.0712. The predicted octanol–water partition coefficient (Wildman–Crippen LogP) is 13.2. The van der Waals surface area contributed by atoms with Crippen molar-refractivity contribution in [3.63, 3.8) is 0 Å². The second-order valence-electron chi connectivity index (χ2n) is 16.8. The molecule has 3 aliphatic carbocycles. The van der Waals surface area contributed by atoms with E-state index in [9.17, 15) is 9.90 Å². The van der Waals surface area contributed by atoms with Crippen LogP contribution in [0.1, 0.15) is 189 Å². The number of hydrogen-bond donors (Lipinski definition) is 1. The van der Waals surface area contributed by atoms with Gasteiger partial charge >= 0.3 is 5.97 Å². The number of carbonyl (C=O) groups excluding carboxylic acids is 1. The van der Waals surface area contributed by atoms with Crippen LogP contribution < -0.4 is 0 Å². The number of allylic oxidation sites excluding steroid dienone is 6. The molecule has 3 rings (SSSR count). The van der Waals surface area contributed by atoms with Gasteiger partial charge in [-0.25, -0.2) is 0 Å². The average Bonchev–Trinajstić information content (AvgIpc) is 3.34. The minimum Gasteiger partial charge on any atom is -0.462 e. The molecular weight excluding hydrogens is 588 g/mol. The molecule has 1 unspecified atom stereocenters. The molecule has 0 radical (unpaired) electrons. The van der Waals surface area contributed by atoms with Gasteiger partial charge in [0.25, 0.3) is 0 Å². The second kappa shape index (κ2) is 22.3. The van der Waals surface area contributed by atoms with Crippen LogP contribution in [-0.2, 0) is 9.53 Å². The van der Waals surface area contributed by atoms with Gasteiger partial charge in [0.15, 0.2) is 0 Å². The number of aliphatic hydroxyl groups is 1. The van der Waals surface area contributed by atoms with E-state index in [1.807, 2.05) is 0 Å². The van der Waals surface area contributed by atoms with E-state index in [0.29, 0.717) is 24.2 Å². The standard InChI is InChI=1S/C45H76O3/c1-7-8-9-10-11-12-13-14-15-16-17-18-19-20-21-27-43(47)48-42-34-41-38(29-30-39-33-40(46)31-28-36(39)4)26-23-32-45(41,6)44(42)37(5)25-22-24-35(2)3/h14-15,29-30,35,37,40-42,44,46H,4,7-13,16-28,31-34H2,1-3,5-6H3/b15-14-,38-29+,39-30+/t37-,40+,41+,42?,44+,45-/m1/s1. The van der Waals surface area contributed by atoms with Crippen molar-refractivity contribution in [3.05, 3.63) is 47.6 Å². The van der Waals surface area contributed by atoms with E-state index in [4.69, 9.17) is 4.74 Å². The van der Waals surface area contributed by atoms with Crippen LogP contribution in [0.4, 0.5) is 0 Å². The van der Waals surface area contributed by atoms with Crippen molar-refractivity contribution in [1.82, 2.24) is 0 Å². The highest BCUT2D eigenvalue weighted by atomic mass is 16.5. The lowest BCUT2D eigenvalue weighted by atomic mass is 9.60. The van der Waals surface area contributed by atoms with E-state index >= 15 is 0 Å². The molecular formula is C45H76O3. The first-order chi connectivity index (χ1) is 23.2. The van der Waals surface area contributed by atoms with Crippen LogP contribution >= 0.6 is 0 Å². The summed E-state index contributed by atoms with van der Waals surface area (Å²) >= 11 is 0. The minimum absolute atomic E-state index is 0.0188. The maximum absolute atomic E-state index is 13.3. The molecule has 0 heterocycles. The van der Waals surface area contributed by atoms with Crippen LogP contribution in [0.2, 0.25) is 0 Å². The minimum atomic E-state index is -0.246. The summed E-state index contributed by atoms with van der Waals surface area (Å²) in [6, 6.07) is 0. The Morgan fingerprint density at radius 2 is 1.58 bits per heavy atom. The highest BCUT2D eigenvalue weighted by molar-refractivity contribution is 5.69. The molecule has 0 aromatic heterocycles. The molecule has 3 heteroatoms. The van der Waals surface area contributed by atoms with Gasteiger partial charge in [-0.15, -0.1) is 0 Å². The molecule has 3 fully saturated rings. The molecule has 274 valence electrons. The van der Waals surface area contributed by atoms with Gasteiger partial charge in [0, 0.05) is 12.3 Å². The molecule has 0 aromatic carbocycles. The first-order valence-corrected chi connectivity index (χ1v) is 20.8. The van der Waals surface area contributed by atoms with Gasteiger partial charge in [0.05, 0.1) is 6.10 Å². The third-order valence-corrected chi connectivity index (χ3v) is 12.2. The van der Waals surface area contributed by atoms with E-state index in [1.165, 1.54) is 119 Å². The molecule has 3 aliphatic rings. The lowest BCUT2D eigenvalue weighted by Crippen LogP contribution is -2.39. The molecule has 0 aliphatic heterocycles. The molecule has 0 amide bonds. The number of unbranched alkanes of at least 4 members (excludes halogenated alkanes) is 11. The Bertz CT molecular complexity index is 1030. The van der Waals surface area contributed by atoms with Crippen molar-refractivity contribution < 1.29 is 14.6 Å². The highest BCUT2D eigenvalue weighted by Gasteiger charge is 2.56. The van der Waals surface area contributed by atoms with Gasteiger partial charge < -0.3 is 9.84 Å². The van der Waals surface area contributed by atoms with Crippen molar-refractivity contribution in [3.8, 4) is 0 Å². The maximum Gasteiger partial charge on any atom is 0.306 e. The van der Waals surface area contributed by atoms with E-state index < -0.39 is 0 Å². The van der Waals surface area contributed by atoms with Crippen LogP contribution in [0.15, 0.2) is 47.6 Å². The van der Waals surface area contributed by atoms with Gasteiger partial charge in [-0.05, 0) is 106 Å². The van der Waals surface area contributed by atoms with Crippen LogP contribution in [0.5, 0.6) is 0 Å². The average molecular weight is 665 g/mol. The number of aliphatic hydroxyl groups excluding tert-OH is 1. The van der Waals surface area contributed by atoms with Crippen molar-refractivity contribution >= 4 is 5.97 Å². The SMILES string of the molecule is C=C1CC[C@H](O)C/C1=C\C=C1/CCC[C@@]2(C)[C@@H]([C@H](C)CCCC(C)C)C(OC(=O)CCCCCCC/C=C\CCCCCCCC)C[C@@H]12. The largest absolute Gasteiger partial charge is 0.462 e. The Kier molecular flexibility index (Phi) is 18.9. The lowest BCUT2D eigenvalue weighted by Gasteiger charge is -2.44. The van der Waals surface area contributed by atoms with E-state index in [0.717, 1.165) is 50.9 Å². The van der Waals surface area contributed by atoms with Gasteiger partial charge in [-0.2, -0.15) is 0 Å². The molecule has 3 nitrogen and oxygen atoms in total. The third-order valence-electron chi connectivity index (χ3n) is 12.2. The zero-order valence-corrected chi connectivity index (χ0v) is 32.2. The summed E-state index contributed by atoms with van der Waals surface area (Å²) < 4.78 is 6.48. The molecule has 0 spiro atoms. The number of rotatable bonds is 22. The summed E-state index contributed by atoms with van der Waals surface area (Å²) in [5.41, 5.74) is 4.09. The maximum atomic E-state index is 13.3. The van der Waals surface area contributed by atoms with Crippen molar-refractivity contribution in [2.24, 2.45) is 29.1 Å². The number of hydrogen-bond acceptors (Lipinski definition) is 3. The summed E-state index contributed by atoms with van der Waals surface area (Å²) in [5.74, 6) is 2.17. The van der Waals surface area contributed by atoms with Crippen LogP contribution in [0, 0.1) is 29.1 Å². The third kappa shape index (κ3) is 13.6. The normalized spacial score (nSPS) is 28.5. The van der Waals surface area contributed by atoms with E-state index in [1.54, 1.807) is 0 Å². The summed E-state index contributed by atoms with van der Waals surface area (Å²) in [6.45, 7) is 16.2. The van der Waals surface area contributed by atoms with Crippen LogP contribution in [0.3, 0.4) is 0 Å². The van der Waals surface area contributed by atoms with Gasteiger partial charge in [0.2, 0.25) is 0 Å². The Morgan fingerprint density at radius 3 is 2.27 bits per heavy atom. The first kappa shape index (κ1) is 40.8. The summed E-state index contributed by atoms with van der Waals surface area (Å²) in [7, 11) is 0. The fourth-order valence-corrected chi connectivity index (χ4v) is 9.40. The lowest BCUT2D eigenvalue weighted by molar-refractivity contribution is -0.153. The van der Waals surface area contributed by atoms with E-state index in [-0.39, 0.29) is 23.6 Å². The van der Waals surface area contributed by atoms with Crippen molar-refractivity contribution in [2.45, 2.75) is 201 Å². The van der Waals surface area contributed by atoms with Crippen molar-refractivity contribution in [1.29, 1.82) is 0 Å². The van der Waals surface area contributed by atoms with Gasteiger partial charge in [0.1, 0.15) is 6.10 Å².